The molecule has 1 atom stereocenters. The lowest BCUT2D eigenvalue weighted by atomic mass is 10.3. The Morgan fingerprint density at radius 1 is 1.59 bits per heavy atom. The first-order valence-corrected chi connectivity index (χ1v) is 6.53. The van der Waals surface area contributed by atoms with Crippen LogP contribution in [0.1, 0.15) is 0 Å². The maximum Gasteiger partial charge on any atom is 0.244 e. The van der Waals surface area contributed by atoms with Crippen LogP contribution in [0.2, 0.25) is 0 Å². The summed E-state index contributed by atoms with van der Waals surface area (Å²) < 4.78 is 30.2. The molecule has 0 fully saturated rings. The van der Waals surface area contributed by atoms with Crippen LogP contribution < -0.4 is 5.73 Å². The Hall–Kier alpha value is -1.02. The van der Waals surface area contributed by atoms with E-state index in [0.29, 0.717) is 6.61 Å². The summed E-state index contributed by atoms with van der Waals surface area (Å²) in [6, 6.07) is 2.73. The minimum absolute atomic E-state index is 0.159. The van der Waals surface area contributed by atoms with Crippen LogP contribution in [0, 0.1) is 0 Å². The number of sulfonamides is 1. The van der Waals surface area contributed by atoms with Crippen molar-refractivity contribution in [1.82, 2.24) is 9.29 Å². The van der Waals surface area contributed by atoms with E-state index in [1.165, 1.54) is 36.9 Å². The molecule has 0 saturated heterocycles. The third-order valence-corrected chi connectivity index (χ3v) is 4.02. The molecule has 0 aromatic carbocycles. The van der Waals surface area contributed by atoms with Crippen molar-refractivity contribution in [2.24, 2.45) is 5.73 Å². The van der Waals surface area contributed by atoms with Crippen molar-refractivity contribution in [3.8, 4) is 0 Å². The Kier molecular flexibility index (Phi) is 5.01. The molecule has 1 rings (SSSR count). The van der Waals surface area contributed by atoms with Crippen LogP contribution in [0.3, 0.4) is 0 Å². The van der Waals surface area contributed by atoms with Crippen LogP contribution in [0.5, 0.6) is 0 Å². The molecule has 0 radical (unpaired) electrons. The van der Waals surface area contributed by atoms with Crippen molar-refractivity contribution in [2.45, 2.75) is 10.9 Å². The molecule has 1 unspecified atom stereocenters. The first-order valence-electron chi connectivity index (χ1n) is 5.09. The molecule has 0 spiro atoms. The Labute approximate surface area is 101 Å². The van der Waals surface area contributed by atoms with Gasteiger partial charge < -0.3 is 10.5 Å². The molecule has 0 aliphatic heterocycles. The molecule has 17 heavy (non-hydrogen) atoms. The summed E-state index contributed by atoms with van der Waals surface area (Å²) in [5, 5.41) is 0. The lowest BCUT2D eigenvalue weighted by Crippen LogP contribution is -2.41. The molecule has 0 bridgehead atoms. The van der Waals surface area contributed by atoms with E-state index in [1.54, 1.807) is 6.07 Å². The van der Waals surface area contributed by atoms with E-state index in [1.807, 2.05) is 0 Å². The molecule has 6 nitrogen and oxygen atoms in total. The second-order valence-electron chi connectivity index (χ2n) is 3.69. The number of aromatic nitrogens is 1. The monoisotopic (exact) mass is 259 g/mol. The maximum atomic E-state index is 12.1. The van der Waals surface area contributed by atoms with Crippen LogP contribution in [-0.4, -0.2) is 51.1 Å². The average Bonchev–Trinajstić information content (AvgIpc) is 2.30. The SMILES string of the molecule is COCC(N)CN(C)S(=O)(=O)c1cccnc1. The fourth-order valence-corrected chi connectivity index (χ4v) is 2.57. The second kappa shape index (κ2) is 6.06. The van der Waals surface area contributed by atoms with Crippen LogP contribution in [0.25, 0.3) is 0 Å². The van der Waals surface area contributed by atoms with E-state index in [0.717, 1.165) is 0 Å². The molecule has 2 N–H and O–H groups in total. The zero-order chi connectivity index (χ0) is 12.9. The van der Waals surface area contributed by atoms with Crippen molar-refractivity contribution in [2.75, 3.05) is 27.3 Å². The Morgan fingerprint density at radius 2 is 2.29 bits per heavy atom. The number of pyridine rings is 1. The summed E-state index contributed by atoms with van der Waals surface area (Å²) in [4.78, 5) is 3.95. The fraction of sp³-hybridized carbons (Fsp3) is 0.500. The number of hydrogen-bond acceptors (Lipinski definition) is 5. The molecular weight excluding hydrogens is 242 g/mol. The van der Waals surface area contributed by atoms with Gasteiger partial charge in [0, 0.05) is 39.1 Å². The van der Waals surface area contributed by atoms with Gasteiger partial charge in [0.25, 0.3) is 0 Å². The van der Waals surface area contributed by atoms with E-state index in [2.05, 4.69) is 4.98 Å². The van der Waals surface area contributed by atoms with Crippen LogP contribution in [0.4, 0.5) is 0 Å². The largest absolute Gasteiger partial charge is 0.383 e. The molecule has 1 aromatic heterocycles. The van der Waals surface area contributed by atoms with E-state index >= 15 is 0 Å². The van der Waals surface area contributed by atoms with Gasteiger partial charge in [-0.15, -0.1) is 0 Å². The van der Waals surface area contributed by atoms with Crippen LogP contribution in [0.15, 0.2) is 29.4 Å². The molecule has 0 saturated carbocycles. The van der Waals surface area contributed by atoms with Crippen LogP contribution in [-0.2, 0) is 14.8 Å². The van der Waals surface area contributed by atoms with Crippen molar-refractivity contribution in [3.63, 3.8) is 0 Å². The molecule has 7 heteroatoms. The van der Waals surface area contributed by atoms with E-state index in [9.17, 15) is 8.42 Å². The molecule has 0 aliphatic carbocycles. The summed E-state index contributed by atoms with van der Waals surface area (Å²) in [6.07, 6.45) is 2.84. The predicted molar refractivity (Wildman–Crippen MR) is 63.9 cm³/mol. The first-order chi connectivity index (χ1) is 7.98. The molecule has 1 aromatic rings. The summed E-state index contributed by atoms with van der Waals surface area (Å²) >= 11 is 0. The fourth-order valence-electron chi connectivity index (χ4n) is 1.37. The number of nitrogens with two attached hydrogens (primary N) is 1. The highest BCUT2D eigenvalue weighted by Gasteiger charge is 2.22. The highest BCUT2D eigenvalue weighted by Crippen LogP contribution is 2.12. The number of likely N-dealkylation sites (N-methyl/N-ethyl adjacent to an activating group) is 1. The minimum Gasteiger partial charge on any atom is -0.383 e. The van der Waals surface area contributed by atoms with E-state index in [4.69, 9.17) is 10.5 Å². The highest BCUT2D eigenvalue weighted by molar-refractivity contribution is 7.89. The smallest absolute Gasteiger partial charge is 0.244 e. The quantitative estimate of drug-likeness (QED) is 0.756. The third-order valence-electron chi connectivity index (χ3n) is 2.21. The highest BCUT2D eigenvalue weighted by atomic mass is 32.2. The summed E-state index contributed by atoms with van der Waals surface area (Å²) in [7, 11) is -0.510. The standard InChI is InChI=1S/C10H17N3O3S/c1-13(7-9(11)8-16-2)17(14,15)10-4-3-5-12-6-10/h3-6,9H,7-8,11H2,1-2H3. The van der Waals surface area contributed by atoms with Gasteiger partial charge in [-0.25, -0.2) is 8.42 Å². The van der Waals surface area contributed by atoms with Gasteiger partial charge in [-0.3, -0.25) is 4.98 Å². The zero-order valence-electron chi connectivity index (χ0n) is 9.91. The maximum absolute atomic E-state index is 12.1. The second-order valence-corrected chi connectivity index (χ2v) is 5.73. The average molecular weight is 259 g/mol. The van der Waals surface area contributed by atoms with Gasteiger partial charge in [0.05, 0.1) is 6.61 Å². The summed E-state index contributed by atoms with van der Waals surface area (Å²) in [5.74, 6) is 0. The van der Waals surface area contributed by atoms with E-state index in [-0.39, 0.29) is 17.5 Å². The first kappa shape index (κ1) is 14.0. The number of rotatable bonds is 6. The van der Waals surface area contributed by atoms with Crippen LogP contribution >= 0.6 is 0 Å². The van der Waals surface area contributed by atoms with Gasteiger partial charge in [-0.1, -0.05) is 0 Å². The zero-order valence-corrected chi connectivity index (χ0v) is 10.7. The van der Waals surface area contributed by atoms with Crippen molar-refractivity contribution in [3.05, 3.63) is 24.5 Å². The van der Waals surface area contributed by atoms with Crippen molar-refractivity contribution in [1.29, 1.82) is 0 Å². The Morgan fingerprint density at radius 3 is 2.82 bits per heavy atom. The van der Waals surface area contributed by atoms with Gasteiger partial charge in [0.1, 0.15) is 4.90 Å². The summed E-state index contributed by atoms with van der Waals surface area (Å²) in [6.45, 7) is 0.512. The molecule has 96 valence electrons. The van der Waals surface area contributed by atoms with E-state index < -0.39 is 10.0 Å². The van der Waals surface area contributed by atoms with Gasteiger partial charge in [0.15, 0.2) is 0 Å². The lowest BCUT2D eigenvalue weighted by molar-refractivity contribution is 0.173. The molecule has 0 amide bonds. The normalized spacial score (nSPS) is 13.9. The number of nitrogens with zero attached hydrogens (tertiary/aromatic N) is 2. The third kappa shape index (κ3) is 3.74. The topological polar surface area (TPSA) is 85.5 Å². The van der Waals surface area contributed by atoms with Gasteiger partial charge in [0.2, 0.25) is 10.0 Å². The molecule has 1 heterocycles. The molecule has 0 aliphatic rings. The Balaban J connectivity index is 2.78. The van der Waals surface area contributed by atoms with Crippen molar-refractivity contribution >= 4 is 10.0 Å². The Bertz CT molecular complexity index is 435. The van der Waals surface area contributed by atoms with Crippen molar-refractivity contribution < 1.29 is 13.2 Å². The number of hydrogen-bond donors (Lipinski definition) is 1. The number of methoxy groups -OCH3 is 1. The number of ether oxygens (including phenoxy) is 1. The summed E-state index contributed by atoms with van der Waals surface area (Å²) in [5.41, 5.74) is 5.71. The van der Waals surface area contributed by atoms with Gasteiger partial charge in [-0.2, -0.15) is 4.31 Å². The lowest BCUT2D eigenvalue weighted by Gasteiger charge is -2.20. The van der Waals surface area contributed by atoms with Gasteiger partial charge >= 0.3 is 0 Å². The molecular formula is C10H17N3O3S. The van der Waals surface area contributed by atoms with Gasteiger partial charge in [-0.05, 0) is 12.1 Å². The minimum atomic E-state index is -3.52. The predicted octanol–water partition coefficient (Wildman–Crippen LogP) is -0.324.